The van der Waals surface area contributed by atoms with Crippen molar-refractivity contribution in [2.45, 2.75) is 0 Å². The summed E-state index contributed by atoms with van der Waals surface area (Å²) in [6, 6.07) is 83.6. The van der Waals surface area contributed by atoms with Crippen LogP contribution in [0, 0.1) is 17.9 Å². The van der Waals surface area contributed by atoms with Gasteiger partial charge in [-0.15, -0.1) is 0 Å². The van der Waals surface area contributed by atoms with Gasteiger partial charge in [-0.3, -0.25) is 0 Å². The van der Waals surface area contributed by atoms with E-state index in [9.17, 15) is 5.26 Å². The lowest BCUT2D eigenvalue weighted by atomic mass is 9.99. The zero-order chi connectivity index (χ0) is 48.1. The fourth-order valence-corrected chi connectivity index (χ4v) is 10.2. The Hall–Kier alpha value is -10.2. The maximum absolute atomic E-state index is 9.85. The highest BCUT2D eigenvalue weighted by molar-refractivity contribution is 6.13. The fourth-order valence-electron chi connectivity index (χ4n) is 10.2. The molecule has 13 rings (SSSR count). The second-order valence-corrected chi connectivity index (χ2v) is 17.8. The van der Waals surface area contributed by atoms with Crippen LogP contribution in [-0.2, 0) is 0 Å². The van der Waals surface area contributed by atoms with Crippen molar-refractivity contribution in [3.05, 3.63) is 254 Å². The number of nitrogens with zero attached hydrogens (tertiary/aromatic N) is 7. The summed E-state index contributed by atoms with van der Waals surface area (Å²) in [5.41, 5.74) is 16.0. The van der Waals surface area contributed by atoms with Gasteiger partial charge in [-0.25, -0.2) is 19.8 Å². The molecule has 0 fully saturated rings. The molecule has 7 nitrogen and oxygen atoms in total. The lowest BCUT2D eigenvalue weighted by Gasteiger charge is -2.17. The van der Waals surface area contributed by atoms with Gasteiger partial charge in [-0.05, 0) is 112 Å². The quantitative estimate of drug-likeness (QED) is 0.142. The van der Waals surface area contributed by atoms with E-state index in [-0.39, 0.29) is 0 Å². The summed E-state index contributed by atoms with van der Waals surface area (Å²) in [5.74, 6) is 1.68. The molecule has 0 N–H and O–H groups in total. The van der Waals surface area contributed by atoms with Crippen LogP contribution >= 0.6 is 0 Å². The molecule has 0 aliphatic heterocycles. The molecule has 334 valence electrons. The van der Waals surface area contributed by atoms with Crippen LogP contribution in [0.3, 0.4) is 0 Å². The molecule has 0 saturated heterocycles. The van der Waals surface area contributed by atoms with Gasteiger partial charge >= 0.3 is 0 Å². The third-order valence-electron chi connectivity index (χ3n) is 13.6. The Bertz CT molecular complexity index is 4180. The van der Waals surface area contributed by atoms with Crippen molar-refractivity contribution in [2.75, 3.05) is 0 Å². The first-order valence-corrected chi connectivity index (χ1v) is 23.8. The van der Waals surface area contributed by atoms with Gasteiger partial charge in [0.25, 0.3) is 0 Å². The van der Waals surface area contributed by atoms with Crippen LogP contribution in [0.5, 0.6) is 0 Å². The monoisotopic (exact) mass is 917 g/mol. The van der Waals surface area contributed by atoms with Crippen LogP contribution < -0.4 is 0 Å². The first-order valence-electron chi connectivity index (χ1n) is 23.8. The van der Waals surface area contributed by atoms with Crippen LogP contribution in [0.4, 0.5) is 5.69 Å². The second-order valence-electron chi connectivity index (χ2n) is 17.8. The molecule has 3 aromatic heterocycles. The fraction of sp³-hybridized carbons (Fsp3) is 0. The molecule has 0 aliphatic rings. The summed E-state index contributed by atoms with van der Waals surface area (Å²) < 4.78 is 4.67. The molecule has 72 heavy (non-hydrogen) atoms. The summed E-state index contributed by atoms with van der Waals surface area (Å²) in [5, 5.41) is 14.3. The second kappa shape index (κ2) is 17.4. The predicted octanol–water partition coefficient (Wildman–Crippen LogP) is 16.5. The minimum atomic E-state index is 0.534. The van der Waals surface area contributed by atoms with Crippen LogP contribution in [-0.4, -0.2) is 24.1 Å². The van der Waals surface area contributed by atoms with Crippen LogP contribution in [0.1, 0.15) is 5.56 Å². The van der Waals surface area contributed by atoms with Crippen LogP contribution in [0.25, 0.3) is 127 Å². The molecule has 0 aliphatic carbocycles. The van der Waals surface area contributed by atoms with Gasteiger partial charge in [0.1, 0.15) is 0 Å². The Morgan fingerprint density at radius 2 is 0.861 bits per heavy atom. The van der Waals surface area contributed by atoms with Crippen molar-refractivity contribution in [2.24, 2.45) is 0 Å². The summed E-state index contributed by atoms with van der Waals surface area (Å²) in [7, 11) is 0. The Kier molecular flexibility index (Phi) is 10.1. The number of hydrogen-bond acceptors (Lipinski definition) is 4. The zero-order valence-electron chi connectivity index (χ0n) is 38.6. The highest BCUT2D eigenvalue weighted by atomic mass is 15.1. The topological polar surface area (TPSA) is 76.7 Å². The number of rotatable bonds is 8. The maximum Gasteiger partial charge on any atom is 0.187 e. The Labute approximate surface area is 415 Å². The van der Waals surface area contributed by atoms with Crippen molar-refractivity contribution in [3.63, 3.8) is 0 Å². The summed E-state index contributed by atoms with van der Waals surface area (Å²) in [6.45, 7) is 7.75. The maximum atomic E-state index is 9.85. The molecule has 3 heterocycles. The SMILES string of the molecule is [C-]#[N+]c1cccc(-c2ccc3c(c2)c2cc(-c4cccc(C#N)c4)ccc2n3-c2ccc(-c3ccc4c5ccccc5n(-c5ccccc5)c4c3)cc2-c2nc(-c3ccccc3)nc(-c3ccccc3)n2)c1. The van der Waals surface area contributed by atoms with Gasteiger partial charge in [0.05, 0.1) is 46.0 Å². The lowest BCUT2D eigenvalue weighted by Crippen LogP contribution is -2.04. The lowest BCUT2D eigenvalue weighted by molar-refractivity contribution is 1.06. The van der Waals surface area contributed by atoms with Crippen LogP contribution in [0.15, 0.2) is 237 Å². The molecule has 0 unspecified atom stereocenters. The molecule has 0 spiro atoms. The van der Waals surface area contributed by atoms with Crippen molar-refractivity contribution in [3.8, 4) is 85.0 Å². The van der Waals surface area contributed by atoms with E-state index in [4.69, 9.17) is 21.5 Å². The Morgan fingerprint density at radius 3 is 1.53 bits per heavy atom. The van der Waals surface area contributed by atoms with E-state index in [1.54, 1.807) is 0 Å². The van der Waals surface area contributed by atoms with Crippen molar-refractivity contribution >= 4 is 49.3 Å². The first-order chi connectivity index (χ1) is 35.6. The highest BCUT2D eigenvalue weighted by Crippen LogP contribution is 2.42. The largest absolute Gasteiger partial charge is 0.309 e. The van der Waals surface area contributed by atoms with Gasteiger partial charge in [-0.2, -0.15) is 5.26 Å². The van der Waals surface area contributed by atoms with E-state index in [0.717, 1.165) is 94.3 Å². The molecule has 0 saturated carbocycles. The van der Waals surface area contributed by atoms with Gasteiger partial charge in [0, 0.05) is 43.9 Å². The molecule has 0 bridgehead atoms. The van der Waals surface area contributed by atoms with Crippen molar-refractivity contribution in [1.82, 2.24) is 24.1 Å². The van der Waals surface area contributed by atoms with E-state index in [1.165, 1.54) is 10.8 Å². The Balaban J connectivity index is 1.09. The van der Waals surface area contributed by atoms with Crippen molar-refractivity contribution < 1.29 is 0 Å². The third-order valence-corrected chi connectivity index (χ3v) is 13.6. The van der Waals surface area contributed by atoms with Gasteiger partial charge in [0.15, 0.2) is 23.2 Å². The average molecular weight is 918 g/mol. The van der Waals surface area contributed by atoms with E-state index in [2.05, 4.69) is 154 Å². The minimum absolute atomic E-state index is 0.534. The number of nitriles is 1. The molecule has 0 atom stereocenters. The van der Waals surface area contributed by atoms with Crippen molar-refractivity contribution in [1.29, 1.82) is 5.26 Å². The zero-order valence-corrected chi connectivity index (χ0v) is 38.6. The van der Waals surface area contributed by atoms with E-state index < -0.39 is 0 Å². The molecule has 0 radical (unpaired) electrons. The average Bonchev–Trinajstić information content (AvgIpc) is 3.97. The van der Waals surface area contributed by atoms with Crippen LogP contribution in [0.2, 0.25) is 0 Å². The number of aromatic nitrogens is 5. The number of hydrogen-bond donors (Lipinski definition) is 0. The normalized spacial score (nSPS) is 11.3. The predicted molar refractivity (Wildman–Crippen MR) is 292 cm³/mol. The van der Waals surface area contributed by atoms with Gasteiger partial charge < -0.3 is 9.13 Å². The van der Waals surface area contributed by atoms with E-state index in [1.807, 2.05) is 103 Å². The number of para-hydroxylation sites is 2. The standard InChI is InChI=1S/C65H39N7/c1-67-51-22-14-21-46(36-51)48-29-33-60-56(38-48)55-37-47(45-20-13-15-42(35-45)41-66)28-32-59(55)72(60)61-34-30-49(50-27-31-54-53-25-11-12-26-58(53)71(62(54)40-50)52-23-9-4-10-24-52)39-57(61)65-69-63(43-16-5-2-6-17-43)68-64(70-65)44-18-7-3-8-19-44/h2-40H. The molecular weight excluding hydrogens is 879 g/mol. The number of benzene rings is 10. The molecule has 0 amide bonds. The molecule has 10 aromatic carbocycles. The molecule has 13 aromatic rings. The summed E-state index contributed by atoms with van der Waals surface area (Å²) in [6.07, 6.45) is 0. The smallest absolute Gasteiger partial charge is 0.187 e. The number of fused-ring (bicyclic) bond motifs is 6. The summed E-state index contributed by atoms with van der Waals surface area (Å²) >= 11 is 0. The molecular formula is C65H39N7. The van der Waals surface area contributed by atoms with Gasteiger partial charge in [0.2, 0.25) is 0 Å². The first kappa shape index (κ1) is 41.9. The Morgan fingerprint density at radius 1 is 0.361 bits per heavy atom. The minimum Gasteiger partial charge on any atom is -0.309 e. The van der Waals surface area contributed by atoms with E-state index >= 15 is 0 Å². The highest BCUT2D eigenvalue weighted by Gasteiger charge is 2.22. The third kappa shape index (κ3) is 7.25. The summed E-state index contributed by atoms with van der Waals surface area (Å²) in [4.78, 5) is 19.5. The molecule has 7 heteroatoms. The van der Waals surface area contributed by atoms with Gasteiger partial charge in [-0.1, -0.05) is 158 Å². The van der Waals surface area contributed by atoms with E-state index in [0.29, 0.717) is 28.7 Å².